The summed E-state index contributed by atoms with van der Waals surface area (Å²) in [7, 11) is 0. The van der Waals surface area contributed by atoms with Crippen molar-refractivity contribution in [3.05, 3.63) is 34.3 Å². The molecule has 3 nitrogen and oxygen atoms in total. The van der Waals surface area contributed by atoms with E-state index in [1.54, 1.807) is 0 Å². The van der Waals surface area contributed by atoms with E-state index in [0.717, 1.165) is 10.0 Å². The summed E-state index contributed by atoms with van der Waals surface area (Å²) in [6.45, 7) is 1.81. The average Bonchev–Trinajstić information content (AvgIpc) is 2.16. The SMILES string of the molecule is C[C@@H](OCc1ccccc1Br)C(=O)O. The van der Waals surface area contributed by atoms with Crippen LogP contribution in [0.5, 0.6) is 0 Å². The molecule has 76 valence electrons. The molecule has 0 heterocycles. The van der Waals surface area contributed by atoms with Gasteiger partial charge in [0.05, 0.1) is 6.61 Å². The van der Waals surface area contributed by atoms with Crippen LogP contribution in [0.3, 0.4) is 0 Å². The summed E-state index contributed by atoms with van der Waals surface area (Å²) >= 11 is 3.36. The second kappa shape index (κ2) is 5.12. The zero-order valence-electron chi connectivity index (χ0n) is 7.74. The predicted octanol–water partition coefficient (Wildman–Crippen LogP) is 2.44. The first-order valence-electron chi connectivity index (χ1n) is 4.19. The van der Waals surface area contributed by atoms with E-state index in [4.69, 9.17) is 9.84 Å². The second-order valence-corrected chi connectivity index (χ2v) is 3.74. The van der Waals surface area contributed by atoms with Crippen LogP contribution in [0.25, 0.3) is 0 Å². The highest BCUT2D eigenvalue weighted by Crippen LogP contribution is 2.17. The lowest BCUT2D eigenvalue weighted by molar-refractivity contribution is -0.149. The minimum Gasteiger partial charge on any atom is -0.479 e. The Balaban J connectivity index is 2.54. The van der Waals surface area contributed by atoms with Crippen molar-refractivity contribution in [2.24, 2.45) is 0 Å². The molecule has 1 aromatic carbocycles. The zero-order chi connectivity index (χ0) is 10.6. The van der Waals surface area contributed by atoms with E-state index >= 15 is 0 Å². The molecule has 0 bridgehead atoms. The molecule has 0 fully saturated rings. The molecule has 0 aliphatic heterocycles. The molecule has 4 heteroatoms. The summed E-state index contributed by atoms with van der Waals surface area (Å²) in [5, 5.41) is 8.59. The molecule has 0 unspecified atom stereocenters. The second-order valence-electron chi connectivity index (χ2n) is 2.88. The van der Waals surface area contributed by atoms with Gasteiger partial charge in [-0.2, -0.15) is 0 Å². The van der Waals surface area contributed by atoms with Gasteiger partial charge in [-0.25, -0.2) is 4.79 Å². The molecular weight excluding hydrogens is 248 g/mol. The Morgan fingerprint density at radius 2 is 2.21 bits per heavy atom. The Kier molecular flexibility index (Phi) is 4.10. The molecule has 0 saturated heterocycles. The quantitative estimate of drug-likeness (QED) is 0.903. The van der Waals surface area contributed by atoms with Crippen molar-refractivity contribution in [2.45, 2.75) is 19.6 Å². The molecule has 0 aliphatic carbocycles. The minimum atomic E-state index is -0.947. The van der Waals surface area contributed by atoms with Crippen LogP contribution in [-0.2, 0) is 16.1 Å². The average molecular weight is 259 g/mol. The van der Waals surface area contributed by atoms with Crippen LogP contribution in [-0.4, -0.2) is 17.2 Å². The Morgan fingerprint density at radius 3 is 2.79 bits per heavy atom. The van der Waals surface area contributed by atoms with Crippen LogP contribution in [0.15, 0.2) is 28.7 Å². The van der Waals surface area contributed by atoms with Crippen LogP contribution >= 0.6 is 15.9 Å². The Bertz CT molecular complexity index is 325. The van der Waals surface area contributed by atoms with Gasteiger partial charge in [-0.15, -0.1) is 0 Å². The van der Waals surface area contributed by atoms with E-state index < -0.39 is 12.1 Å². The lowest BCUT2D eigenvalue weighted by Crippen LogP contribution is -2.19. The monoisotopic (exact) mass is 258 g/mol. The third kappa shape index (κ3) is 3.12. The molecule has 14 heavy (non-hydrogen) atoms. The Hall–Kier alpha value is -0.870. The van der Waals surface area contributed by atoms with E-state index in [2.05, 4.69) is 15.9 Å². The lowest BCUT2D eigenvalue weighted by atomic mass is 10.2. The fourth-order valence-electron chi connectivity index (χ4n) is 0.902. The van der Waals surface area contributed by atoms with Crippen molar-refractivity contribution >= 4 is 21.9 Å². The molecule has 1 rings (SSSR count). The maximum absolute atomic E-state index is 10.5. The molecule has 0 spiro atoms. The van der Waals surface area contributed by atoms with Gasteiger partial charge in [-0.1, -0.05) is 34.1 Å². The largest absolute Gasteiger partial charge is 0.479 e. The molecule has 0 aromatic heterocycles. The van der Waals surface area contributed by atoms with Gasteiger partial charge in [0.25, 0.3) is 0 Å². The van der Waals surface area contributed by atoms with E-state index in [0.29, 0.717) is 6.61 Å². The first-order chi connectivity index (χ1) is 6.61. The van der Waals surface area contributed by atoms with Gasteiger partial charge in [0.15, 0.2) is 6.10 Å². The van der Waals surface area contributed by atoms with Gasteiger partial charge >= 0.3 is 5.97 Å². The fraction of sp³-hybridized carbons (Fsp3) is 0.300. The van der Waals surface area contributed by atoms with Crippen molar-refractivity contribution in [2.75, 3.05) is 0 Å². The van der Waals surface area contributed by atoms with Crippen molar-refractivity contribution in [3.63, 3.8) is 0 Å². The Morgan fingerprint density at radius 1 is 1.57 bits per heavy atom. The van der Waals surface area contributed by atoms with Crippen molar-refractivity contribution in [3.8, 4) is 0 Å². The summed E-state index contributed by atoms with van der Waals surface area (Å²) < 4.78 is 6.07. The number of carbonyl (C=O) groups is 1. The first-order valence-corrected chi connectivity index (χ1v) is 4.98. The lowest BCUT2D eigenvalue weighted by Gasteiger charge is -2.09. The molecule has 0 saturated carbocycles. The number of benzene rings is 1. The molecule has 1 aromatic rings. The van der Waals surface area contributed by atoms with Gasteiger partial charge in [0, 0.05) is 4.47 Å². The maximum Gasteiger partial charge on any atom is 0.332 e. The van der Waals surface area contributed by atoms with Gasteiger partial charge < -0.3 is 9.84 Å². The summed E-state index contributed by atoms with van der Waals surface area (Å²) in [4.78, 5) is 10.5. The number of hydrogen-bond donors (Lipinski definition) is 1. The molecular formula is C10H11BrO3. The summed E-state index contributed by atoms with van der Waals surface area (Å²) in [6.07, 6.45) is -0.776. The topological polar surface area (TPSA) is 46.5 Å². The maximum atomic E-state index is 10.5. The van der Waals surface area contributed by atoms with Gasteiger partial charge in [0.1, 0.15) is 0 Å². The van der Waals surface area contributed by atoms with E-state index in [1.165, 1.54) is 6.92 Å². The van der Waals surface area contributed by atoms with Gasteiger partial charge in [-0.05, 0) is 18.6 Å². The number of carboxylic acids is 1. The molecule has 1 N–H and O–H groups in total. The summed E-state index contributed by atoms with van der Waals surface area (Å²) in [5.41, 5.74) is 0.945. The van der Waals surface area contributed by atoms with Gasteiger partial charge in [-0.3, -0.25) is 0 Å². The number of ether oxygens (including phenoxy) is 1. The third-order valence-electron chi connectivity index (χ3n) is 1.79. The molecule has 1 atom stereocenters. The van der Waals surface area contributed by atoms with Crippen molar-refractivity contribution in [1.82, 2.24) is 0 Å². The highest BCUT2D eigenvalue weighted by Gasteiger charge is 2.11. The van der Waals surface area contributed by atoms with Crippen LogP contribution in [0.2, 0.25) is 0 Å². The normalized spacial score (nSPS) is 12.4. The van der Waals surface area contributed by atoms with Crippen LogP contribution in [0.1, 0.15) is 12.5 Å². The van der Waals surface area contributed by atoms with Crippen LogP contribution in [0, 0.1) is 0 Å². The van der Waals surface area contributed by atoms with Gasteiger partial charge in [0.2, 0.25) is 0 Å². The molecule has 0 radical (unpaired) electrons. The van der Waals surface area contributed by atoms with Crippen LogP contribution in [0.4, 0.5) is 0 Å². The zero-order valence-corrected chi connectivity index (χ0v) is 9.32. The predicted molar refractivity (Wildman–Crippen MR) is 56.0 cm³/mol. The number of aliphatic carboxylic acids is 1. The van der Waals surface area contributed by atoms with Crippen molar-refractivity contribution in [1.29, 1.82) is 0 Å². The highest BCUT2D eigenvalue weighted by atomic mass is 79.9. The number of hydrogen-bond acceptors (Lipinski definition) is 2. The first kappa shape index (κ1) is 11.2. The number of halogens is 1. The standard InChI is InChI=1S/C10H11BrO3/c1-7(10(12)13)14-6-8-4-2-3-5-9(8)11/h2-5,7H,6H2,1H3,(H,12,13)/t7-/m1/s1. The summed E-state index contributed by atoms with van der Waals surface area (Å²) in [6, 6.07) is 7.56. The van der Waals surface area contributed by atoms with Crippen molar-refractivity contribution < 1.29 is 14.6 Å². The summed E-state index contributed by atoms with van der Waals surface area (Å²) in [5.74, 6) is -0.947. The van der Waals surface area contributed by atoms with Crippen LogP contribution < -0.4 is 0 Å². The van der Waals surface area contributed by atoms with E-state index in [1.807, 2.05) is 24.3 Å². The fourth-order valence-corrected chi connectivity index (χ4v) is 1.30. The number of carboxylic acid groups (broad SMARTS) is 1. The van der Waals surface area contributed by atoms with E-state index in [-0.39, 0.29) is 0 Å². The van der Waals surface area contributed by atoms with E-state index in [9.17, 15) is 4.79 Å². The third-order valence-corrected chi connectivity index (χ3v) is 2.57. The number of rotatable bonds is 4. The Labute approximate surface area is 90.8 Å². The molecule has 0 amide bonds. The highest BCUT2D eigenvalue weighted by molar-refractivity contribution is 9.10. The smallest absolute Gasteiger partial charge is 0.332 e. The minimum absolute atomic E-state index is 0.300. The molecule has 0 aliphatic rings.